The maximum absolute atomic E-state index is 13.1. The van der Waals surface area contributed by atoms with Gasteiger partial charge in [-0.3, -0.25) is 0 Å². The van der Waals surface area contributed by atoms with E-state index in [9.17, 15) is 4.39 Å². The van der Waals surface area contributed by atoms with Gasteiger partial charge in [-0.25, -0.2) is 4.39 Å². The summed E-state index contributed by atoms with van der Waals surface area (Å²) in [5, 5.41) is 8.53. The Bertz CT molecular complexity index is 313. The molecule has 0 aliphatic heterocycles. The van der Waals surface area contributed by atoms with E-state index in [1.807, 2.05) is 19.9 Å². The highest BCUT2D eigenvalue weighted by atomic mass is 19.1. The van der Waals surface area contributed by atoms with Crippen LogP contribution in [0.4, 0.5) is 4.39 Å². The summed E-state index contributed by atoms with van der Waals surface area (Å²) < 4.78 is 13.1. The van der Waals surface area contributed by atoms with E-state index in [1.165, 1.54) is 6.07 Å². The van der Waals surface area contributed by atoms with E-state index in [4.69, 9.17) is 5.26 Å². The van der Waals surface area contributed by atoms with Crippen molar-refractivity contribution in [3.05, 3.63) is 34.6 Å². The molecule has 0 saturated carbocycles. The van der Waals surface area contributed by atoms with Crippen LogP contribution in [0.1, 0.15) is 23.6 Å². The van der Waals surface area contributed by atoms with E-state index in [0.29, 0.717) is 17.5 Å². The smallest absolute Gasteiger partial charge is 0.127 e. The zero-order chi connectivity index (χ0) is 9.14. The first-order valence-electron chi connectivity index (χ1n) is 3.88. The second-order valence-corrected chi connectivity index (χ2v) is 2.72. The van der Waals surface area contributed by atoms with Crippen LogP contribution in [-0.2, 0) is 6.42 Å². The van der Waals surface area contributed by atoms with E-state index in [2.05, 4.69) is 0 Å². The van der Waals surface area contributed by atoms with Crippen molar-refractivity contribution in [3.8, 4) is 6.07 Å². The van der Waals surface area contributed by atoms with Gasteiger partial charge in [0, 0.05) is 0 Å². The van der Waals surface area contributed by atoms with Crippen LogP contribution in [0.15, 0.2) is 12.1 Å². The molecule has 0 saturated heterocycles. The summed E-state index contributed by atoms with van der Waals surface area (Å²) in [7, 11) is 0. The molecule has 0 bridgehead atoms. The Labute approximate surface area is 71.4 Å². The second-order valence-electron chi connectivity index (χ2n) is 2.72. The van der Waals surface area contributed by atoms with Gasteiger partial charge in [0.1, 0.15) is 5.82 Å². The fourth-order valence-corrected chi connectivity index (χ4v) is 1.29. The third-order valence-electron chi connectivity index (χ3n) is 1.90. The van der Waals surface area contributed by atoms with E-state index < -0.39 is 0 Å². The van der Waals surface area contributed by atoms with Crippen LogP contribution in [0, 0.1) is 24.1 Å². The molecule has 0 atom stereocenters. The van der Waals surface area contributed by atoms with E-state index in [1.54, 1.807) is 6.07 Å². The third-order valence-corrected chi connectivity index (χ3v) is 1.90. The first kappa shape index (κ1) is 8.73. The van der Waals surface area contributed by atoms with Crippen LogP contribution in [0.5, 0.6) is 0 Å². The molecule has 0 fully saturated rings. The van der Waals surface area contributed by atoms with Crippen molar-refractivity contribution in [1.29, 1.82) is 5.26 Å². The number of halogens is 1. The van der Waals surface area contributed by atoms with Crippen molar-refractivity contribution in [2.45, 2.75) is 20.3 Å². The van der Waals surface area contributed by atoms with Crippen LogP contribution in [-0.4, -0.2) is 0 Å². The molecule has 0 aliphatic rings. The molecule has 0 amide bonds. The van der Waals surface area contributed by atoms with Crippen LogP contribution >= 0.6 is 0 Å². The molecule has 12 heavy (non-hydrogen) atoms. The lowest BCUT2D eigenvalue weighted by Gasteiger charge is -2.03. The third kappa shape index (κ3) is 1.45. The van der Waals surface area contributed by atoms with Gasteiger partial charge in [-0.2, -0.15) is 5.26 Å². The molecule has 62 valence electrons. The predicted octanol–water partition coefficient (Wildman–Crippen LogP) is 2.57. The molecule has 0 spiro atoms. The van der Waals surface area contributed by atoms with Crippen molar-refractivity contribution in [1.82, 2.24) is 0 Å². The number of rotatable bonds is 1. The lowest BCUT2D eigenvalue weighted by Crippen LogP contribution is -1.93. The minimum atomic E-state index is -0.269. The lowest BCUT2D eigenvalue weighted by molar-refractivity contribution is 0.610. The predicted molar refractivity (Wildman–Crippen MR) is 45.2 cm³/mol. The van der Waals surface area contributed by atoms with E-state index in [-0.39, 0.29) is 5.82 Å². The molecular formula is C10H10FN. The van der Waals surface area contributed by atoms with Gasteiger partial charge in [0.25, 0.3) is 0 Å². The summed E-state index contributed by atoms with van der Waals surface area (Å²) in [4.78, 5) is 0. The Balaban J connectivity index is 3.30. The average molecular weight is 163 g/mol. The molecule has 0 N–H and O–H groups in total. The Morgan fingerprint density at radius 3 is 2.58 bits per heavy atom. The Kier molecular flexibility index (Phi) is 2.44. The highest BCUT2D eigenvalue weighted by Crippen LogP contribution is 2.15. The standard InChI is InChI=1S/C10H10FN/c1-3-9-7(2)4-8(6-12)5-10(9)11/h4-5H,3H2,1-2H3. The fraction of sp³-hybridized carbons (Fsp3) is 0.300. The largest absolute Gasteiger partial charge is 0.207 e. The van der Waals surface area contributed by atoms with Gasteiger partial charge < -0.3 is 0 Å². The molecule has 1 aromatic carbocycles. The van der Waals surface area contributed by atoms with Gasteiger partial charge in [0.15, 0.2) is 0 Å². The van der Waals surface area contributed by atoms with Gasteiger partial charge in [-0.05, 0) is 36.6 Å². The summed E-state index contributed by atoms with van der Waals surface area (Å²) in [6.07, 6.45) is 0.670. The Hall–Kier alpha value is -1.36. The number of hydrogen-bond acceptors (Lipinski definition) is 1. The van der Waals surface area contributed by atoms with Crippen molar-refractivity contribution < 1.29 is 4.39 Å². The topological polar surface area (TPSA) is 23.8 Å². The highest BCUT2D eigenvalue weighted by molar-refractivity contribution is 5.38. The zero-order valence-electron chi connectivity index (χ0n) is 7.19. The summed E-state index contributed by atoms with van der Waals surface area (Å²) in [6.45, 7) is 3.72. The number of hydrogen-bond donors (Lipinski definition) is 0. The number of aryl methyl sites for hydroxylation is 1. The van der Waals surface area contributed by atoms with Crippen molar-refractivity contribution >= 4 is 0 Å². The van der Waals surface area contributed by atoms with Crippen LogP contribution < -0.4 is 0 Å². The average Bonchev–Trinajstić information content (AvgIpc) is 2.03. The van der Waals surface area contributed by atoms with E-state index in [0.717, 1.165) is 5.56 Å². The van der Waals surface area contributed by atoms with Gasteiger partial charge in [0.05, 0.1) is 11.6 Å². The van der Waals surface area contributed by atoms with Crippen LogP contribution in [0.25, 0.3) is 0 Å². The molecule has 0 radical (unpaired) electrons. The molecule has 0 aromatic heterocycles. The minimum absolute atomic E-state index is 0.269. The number of nitriles is 1. The highest BCUT2D eigenvalue weighted by Gasteiger charge is 2.05. The Morgan fingerprint density at radius 2 is 2.17 bits per heavy atom. The summed E-state index contributed by atoms with van der Waals surface area (Å²) in [5.74, 6) is -0.269. The zero-order valence-corrected chi connectivity index (χ0v) is 7.19. The van der Waals surface area contributed by atoms with Crippen molar-refractivity contribution in [2.24, 2.45) is 0 Å². The molecule has 0 aliphatic carbocycles. The maximum atomic E-state index is 13.1. The summed E-state index contributed by atoms with van der Waals surface area (Å²) in [6, 6.07) is 4.91. The monoisotopic (exact) mass is 163 g/mol. The Morgan fingerprint density at radius 1 is 1.50 bits per heavy atom. The second kappa shape index (κ2) is 3.36. The van der Waals surface area contributed by atoms with Crippen molar-refractivity contribution in [3.63, 3.8) is 0 Å². The molecule has 1 rings (SSSR count). The first-order chi connectivity index (χ1) is 5.69. The van der Waals surface area contributed by atoms with Gasteiger partial charge in [-0.1, -0.05) is 6.92 Å². The van der Waals surface area contributed by atoms with Gasteiger partial charge in [-0.15, -0.1) is 0 Å². The van der Waals surface area contributed by atoms with Crippen LogP contribution in [0.2, 0.25) is 0 Å². The lowest BCUT2D eigenvalue weighted by atomic mass is 10.0. The minimum Gasteiger partial charge on any atom is -0.207 e. The molecular weight excluding hydrogens is 153 g/mol. The SMILES string of the molecule is CCc1c(C)cc(C#N)cc1F. The molecule has 2 heteroatoms. The normalized spacial score (nSPS) is 9.50. The number of benzene rings is 1. The quantitative estimate of drug-likeness (QED) is 0.624. The maximum Gasteiger partial charge on any atom is 0.127 e. The van der Waals surface area contributed by atoms with E-state index >= 15 is 0 Å². The van der Waals surface area contributed by atoms with Crippen LogP contribution in [0.3, 0.4) is 0 Å². The fourth-order valence-electron chi connectivity index (χ4n) is 1.29. The number of nitrogens with zero attached hydrogens (tertiary/aromatic N) is 1. The molecule has 0 heterocycles. The summed E-state index contributed by atoms with van der Waals surface area (Å²) in [5.41, 5.74) is 1.95. The van der Waals surface area contributed by atoms with Crippen molar-refractivity contribution in [2.75, 3.05) is 0 Å². The molecule has 0 unspecified atom stereocenters. The van der Waals surface area contributed by atoms with Gasteiger partial charge in [0.2, 0.25) is 0 Å². The first-order valence-corrected chi connectivity index (χ1v) is 3.88. The molecule has 1 aromatic rings. The molecule has 1 nitrogen and oxygen atoms in total. The summed E-state index contributed by atoms with van der Waals surface area (Å²) >= 11 is 0. The van der Waals surface area contributed by atoms with Gasteiger partial charge >= 0.3 is 0 Å².